The van der Waals surface area contributed by atoms with E-state index in [2.05, 4.69) is 0 Å². The van der Waals surface area contributed by atoms with Crippen LogP contribution in [0.3, 0.4) is 0 Å². The third-order valence-corrected chi connectivity index (χ3v) is 3.02. The Balaban J connectivity index is 2.60. The first-order valence-electron chi connectivity index (χ1n) is 6.69. The highest BCUT2D eigenvalue weighted by atomic mass is 19.4. The summed E-state index contributed by atoms with van der Waals surface area (Å²) in [6.07, 6.45) is -1.04. The highest BCUT2D eigenvalue weighted by Gasteiger charge is 2.32. The van der Waals surface area contributed by atoms with E-state index in [1.165, 1.54) is 6.08 Å². The molecule has 0 bridgehead atoms. The van der Waals surface area contributed by atoms with Crippen LogP contribution in [0, 0.1) is 5.92 Å². The highest BCUT2D eigenvalue weighted by Crippen LogP contribution is 2.30. The molecule has 106 valence electrons. The molecule has 0 atom stereocenters. The Morgan fingerprint density at radius 3 is 2.32 bits per heavy atom. The molecule has 0 saturated heterocycles. The van der Waals surface area contributed by atoms with Crippen LogP contribution in [0.1, 0.15) is 38.7 Å². The molecule has 0 N–H and O–H groups in total. The van der Waals surface area contributed by atoms with Crippen LogP contribution in [0.15, 0.2) is 42.0 Å². The molecule has 0 spiro atoms. The SMILES string of the molecule is CC(C)CCC=C(CCc1ccccc1)C(F)(F)F. The van der Waals surface area contributed by atoms with Crippen molar-refractivity contribution in [3.8, 4) is 0 Å². The Kier molecular flexibility index (Phi) is 6.13. The van der Waals surface area contributed by atoms with Gasteiger partial charge in [0.2, 0.25) is 0 Å². The van der Waals surface area contributed by atoms with Crippen LogP contribution in [0.5, 0.6) is 0 Å². The second kappa shape index (κ2) is 7.37. The quantitative estimate of drug-likeness (QED) is 0.595. The van der Waals surface area contributed by atoms with Crippen molar-refractivity contribution in [1.82, 2.24) is 0 Å². The zero-order valence-electron chi connectivity index (χ0n) is 11.5. The molecule has 1 aromatic rings. The number of hydrogen-bond acceptors (Lipinski definition) is 0. The van der Waals surface area contributed by atoms with Crippen LogP contribution < -0.4 is 0 Å². The fraction of sp³-hybridized carbons (Fsp3) is 0.500. The van der Waals surface area contributed by atoms with Crippen molar-refractivity contribution in [3.05, 3.63) is 47.5 Å². The number of aryl methyl sites for hydroxylation is 1. The summed E-state index contributed by atoms with van der Waals surface area (Å²) in [4.78, 5) is 0. The van der Waals surface area contributed by atoms with Crippen LogP contribution in [-0.2, 0) is 6.42 Å². The molecule has 0 aromatic heterocycles. The van der Waals surface area contributed by atoms with Gasteiger partial charge in [-0.25, -0.2) is 0 Å². The van der Waals surface area contributed by atoms with Crippen LogP contribution in [0.25, 0.3) is 0 Å². The first-order chi connectivity index (χ1) is 8.89. The Morgan fingerprint density at radius 2 is 1.79 bits per heavy atom. The van der Waals surface area contributed by atoms with Crippen molar-refractivity contribution in [2.75, 3.05) is 0 Å². The summed E-state index contributed by atoms with van der Waals surface area (Å²) in [7, 11) is 0. The second-order valence-electron chi connectivity index (χ2n) is 5.18. The smallest absolute Gasteiger partial charge is 0.166 e. The Bertz CT molecular complexity index is 388. The number of allylic oxidation sites excluding steroid dienone is 2. The summed E-state index contributed by atoms with van der Waals surface area (Å²) < 4.78 is 38.6. The van der Waals surface area contributed by atoms with E-state index in [1.54, 1.807) is 0 Å². The van der Waals surface area contributed by atoms with Crippen LogP contribution in [-0.4, -0.2) is 6.18 Å². The maximum absolute atomic E-state index is 12.9. The molecule has 1 rings (SSSR count). The van der Waals surface area contributed by atoms with Crippen LogP contribution in [0.2, 0.25) is 0 Å². The van der Waals surface area contributed by atoms with E-state index in [4.69, 9.17) is 0 Å². The molecule has 0 nitrogen and oxygen atoms in total. The van der Waals surface area contributed by atoms with Crippen LogP contribution in [0.4, 0.5) is 13.2 Å². The monoisotopic (exact) mass is 270 g/mol. The van der Waals surface area contributed by atoms with Gasteiger partial charge in [-0.1, -0.05) is 50.3 Å². The minimum atomic E-state index is -4.20. The van der Waals surface area contributed by atoms with Crippen LogP contribution >= 0.6 is 0 Å². The summed E-state index contributed by atoms with van der Waals surface area (Å²) in [6.45, 7) is 4.04. The Hall–Kier alpha value is -1.25. The molecule has 0 radical (unpaired) electrons. The van der Waals surface area contributed by atoms with Crippen molar-refractivity contribution in [2.45, 2.75) is 45.7 Å². The van der Waals surface area contributed by atoms with Gasteiger partial charge in [0.1, 0.15) is 0 Å². The van der Waals surface area contributed by atoms with Gasteiger partial charge in [-0.2, -0.15) is 13.2 Å². The number of rotatable bonds is 6. The first-order valence-corrected chi connectivity index (χ1v) is 6.69. The predicted octanol–water partition coefficient (Wildman–Crippen LogP) is 5.54. The molecule has 0 aliphatic rings. The average Bonchev–Trinajstić information content (AvgIpc) is 2.33. The molecular weight excluding hydrogens is 249 g/mol. The van der Waals surface area contributed by atoms with Gasteiger partial charge in [0, 0.05) is 5.57 Å². The van der Waals surface area contributed by atoms with E-state index in [9.17, 15) is 13.2 Å². The number of benzene rings is 1. The average molecular weight is 270 g/mol. The summed E-state index contributed by atoms with van der Waals surface area (Å²) in [5.74, 6) is 0.430. The summed E-state index contributed by atoms with van der Waals surface area (Å²) in [5, 5.41) is 0. The lowest BCUT2D eigenvalue weighted by atomic mass is 10.0. The van der Waals surface area contributed by atoms with Gasteiger partial charge >= 0.3 is 6.18 Å². The maximum Gasteiger partial charge on any atom is 0.412 e. The summed E-state index contributed by atoms with van der Waals surface area (Å²) in [5.41, 5.74) is 0.554. The molecule has 0 amide bonds. The van der Waals surface area contributed by atoms with E-state index in [-0.39, 0.29) is 6.42 Å². The molecule has 0 saturated carbocycles. The largest absolute Gasteiger partial charge is 0.412 e. The predicted molar refractivity (Wildman–Crippen MR) is 73.0 cm³/mol. The summed E-state index contributed by atoms with van der Waals surface area (Å²) in [6, 6.07) is 9.30. The topological polar surface area (TPSA) is 0 Å². The van der Waals surface area contributed by atoms with Gasteiger partial charge in [0.25, 0.3) is 0 Å². The normalized spacial score (nSPS) is 13.1. The lowest BCUT2D eigenvalue weighted by Gasteiger charge is -2.12. The van der Waals surface area contributed by atoms with E-state index < -0.39 is 11.7 Å². The third kappa shape index (κ3) is 6.46. The molecule has 0 heterocycles. The lowest BCUT2D eigenvalue weighted by Crippen LogP contribution is -2.13. The molecular formula is C16H21F3. The molecule has 0 aliphatic carbocycles. The zero-order valence-corrected chi connectivity index (χ0v) is 11.5. The highest BCUT2D eigenvalue weighted by molar-refractivity contribution is 5.18. The lowest BCUT2D eigenvalue weighted by molar-refractivity contribution is -0.0942. The van der Waals surface area contributed by atoms with E-state index >= 15 is 0 Å². The first kappa shape index (κ1) is 15.8. The van der Waals surface area contributed by atoms with Crippen molar-refractivity contribution < 1.29 is 13.2 Å². The Labute approximate surface area is 113 Å². The minimum Gasteiger partial charge on any atom is -0.166 e. The van der Waals surface area contributed by atoms with E-state index in [1.807, 2.05) is 44.2 Å². The standard InChI is InChI=1S/C16H21F3/c1-13(2)7-6-10-15(16(17,18)19)12-11-14-8-4-3-5-9-14/h3-5,8-10,13H,6-7,11-12H2,1-2H3. The molecule has 19 heavy (non-hydrogen) atoms. The van der Waals surface area contributed by atoms with Crippen molar-refractivity contribution >= 4 is 0 Å². The fourth-order valence-electron chi connectivity index (χ4n) is 1.87. The third-order valence-electron chi connectivity index (χ3n) is 3.02. The van der Waals surface area contributed by atoms with E-state index in [0.29, 0.717) is 18.8 Å². The number of halogens is 3. The molecule has 1 aromatic carbocycles. The van der Waals surface area contributed by atoms with Gasteiger partial charge in [0.15, 0.2) is 0 Å². The second-order valence-corrected chi connectivity index (χ2v) is 5.18. The summed E-state index contributed by atoms with van der Waals surface area (Å²) >= 11 is 0. The van der Waals surface area contributed by atoms with Crippen molar-refractivity contribution in [1.29, 1.82) is 0 Å². The minimum absolute atomic E-state index is 0.0611. The van der Waals surface area contributed by atoms with Gasteiger partial charge < -0.3 is 0 Å². The molecule has 3 heteroatoms. The molecule has 0 fully saturated rings. The molecule has 0 unspecified atom stereocenters. The van der Waals surface area contributed by atoms with Gasteiger partial charge in [-0.05, 0) is 37.2 Å². The molecule has 0 aliphatic heterocycles. The maximum atomic E-state index is 12.9. The zero-order chi connectivity index (χ0) is 14.3. The van der Waals surface area contributed by atoms with Gasteiger partial charge in [-0.3, -0.25) is 0 Å². The van der Waals surface area contributed by atoms with Crippen molar-refractivity contribution in [3.63, 3.8) is 0 Å². The van der Waals surface area contributed by atoms with Gasteiger partial charge in [0.05, 0.1) is 0 Å². The van der Waals surface area contributed by atoms with E-state index in [0.717, 1.165) is 12.0 Å². The Morgan fingerprint density at radius 1 is 1.16 bits per heavy atom. The fourth-order valence-corrected chi connectivity index (χ4v) is 1.87. The number of hydrogen-bond donors (Lipinski definition) is 0. The van der Waals surface area contributed by atoms with Crippen molar-refractivity contribution in [2.24, 2.45) is 5.92 Å². The number of alkyl halides is 3. The van der Waals surface area contributed by atoms with Gasteiger partial charge in [-0.15, -0.1) is 0 Å².